The van der Waals surface area contributed by atoms with Crippen molar-refractivity contribution in [3.8, 4) is 6.07 Å². The summed E-state index contributed by atoms with van der Waals surface area (Å²) < 4.78 is 0. The summed E-state index contributed by atoms with van der Waals surface area (Å²) in [7, 11) is 0. The fraction of sp³-hybridized carbons (Fsp3) is 0.0769. The number of halogens is 1. The molecule has 0 aliphatic carbocycles. The van der Waals surface area contributed by atoms with Crippen LogP contribution in [0.4, 0.5) is 5.69 Å². The summed E-state index contributed by atoms with van der Waals surface area (Å²) in [5, 5.41) is 10.4. The molecule has 0 amide bonds. The molecule has 0 aliphatic heterocycles. The van der Waals surface area contributed by atoms with Gasteiger partial charge in [-0.2, -0.15) is 5.26 Å². The Morgan fingerprint density at radius 2 is 2.17 bits per heavy atom. The summed E-state index contributed by atoms with van der Waals surface area (Å²) >= 11 is 7.54. The van der Waals surface area contributed by atoms with Crippen LogP contribution in [0.3, 0.4) is 0 Å². The van der Waals surface area contributed by atoms with Crippen LogP contribution >= 0.6 is 23.4 Å². The summed E-state index contributed by atoms with van der Waals surface area (Å²) in [6.07, 6.45) is 1.55. The van der Waals surface area contributed by atoms with Gasteiger partial charge in [0.2, 0.25) is 0 Å². The van der Waals surface area contributed by atoms with Crippen molar-refractivity contribution in [1.82, 2.24) is 4.98 Å². The maximum Gasteiger partial charge on any atom is 0.114 e. The first-order valence-electron chi connectivity index (χ1n) is 5.22. The third-order valence-electron chi connectivity index (χ3n) is 2.31. The predicted molar refractivity (Wildman–Crippen MR) is 74.4 cm³/mol. The van der Waals surface area contributed by atoms with Gasteiger partial charge in [0.25, 0.3) is 0 Å². The molecule has 0 atom stereocenters. The first-order chi connectivity index (χ1) is 8.70. The van der Waals surface area contributed by atoms with Crippen LogP contribution in [0.5, 0.6) is 0 Å². The van der Waals surface area contributed by atoms with Crippen LogP contribution < -0.4 is 5.73 Å². The predicted octanol–water partition coefficient (Wildman–Crippen LogP) is 3.48. The topological polar surface area (TPSA) is 62.7 Å². The van der Waals surface area contributed by atoms with Crippen LogP contribution in [0, 0.1) is 11.3 Å². The number of pyridine rings is 1. The van der Waals surface area contributed by atoms with Gasteiger partial charge in [-0.05, 0) is 17.7 Å². The highest BCUT2D eigenvalue weighted by Crippen LogP contribution is 2.27. The van der Waals surface area contributed by atoms with E-state index in [0.29, 0.717) is 22.0 Å². The summed E-state index contributed by atoms with van der Waals surface area (Å²) in [5.41, 5.74) is 7.60. The zero-order valence-corrected chi connectivity index (χ0v) is 11.0. The second-order valence-corrected chi connectivity index (χ2v) is 4.98. The fourth-order valence-corrected chi connectivity index (χ4v) is 2.64. The molecule has 1 aromatic carbocycles. The van der Waals surface area contributed by atoms with Crippen molar-refractivity contribution in [3.63, 3.8) is 0 Å². The minimum atomic E-state index is 0.493. The lowest BCUT2D eigenvalue weighted by Gasteiger charge is -2.05. The van der Waals surface area contributed by atoms with E-state index in [1.54, 1.807) is 12.3 Å². The van der Waals surface area contributed by atoms with Crippen molar-refractivity contribution in [2.75, 3.05) is 5.73 Å². The largest absolute Gasteiger partial charge is 0.397 e. The van der Waals surface area contributed by atoms with Gasteiger partial charge in [-0.3, -0.25) is 0 Å². The molecular formula is C13H10ClN3S. The van der Waals surface area contributed by atoms with Crippen LogP contribution in [0.15, 0.2) is 41.6 Å². The molecule has 2 rings (SSSR count). The molecule has 18 heavy (non-hydrogen) atoms. The summed E-state index contributed by atoms with van der Waals surface area (Å²) in [4.78, 5) is 4.17. The van der Waals surface area contributed by atoms with Gasteiger partial charge in [-0.25, -0.2) is 4.98 Å². The van der Waals surface area contributed by atoms with Crippen molar-refractivity contribution in [2.24, 2.45) is 0 Å². The van der Waals surface area contributed by atoms with E-state index >= 15 is 0 Å². The Balaban J connectivity index is 2.16. The minimum absolute atomic E-state index is 0.493. The summed E-state index contributed by atoms with van der Waals surface area (Å²) in [6, 6.07) is 11.3. The van der Waals surface area contributed by atoms with E-state index < -0.39 is 0 Å². The standard InChI is InChI=1S/C13H10ClN3S/c14-12-4-2-1-3-9(12)8-18-13-10(6-15)5-11(16)7-17-13/h1-5,7H,8,16H2. The Morgan fingerprint density at radius 3 is 2.89 bits per heavy atom. The first-order valence-corrected chi connectivity index (χ1v) is 6.59. The van der Waals surface area contributed by atoms with E-state index in [4.69, 9.17) is 22.6 Å². The molecule has 2 N–H and O–H groups in total. The molecule has 5 heteroatoms. The first kappa shape index (κ1) is 12.7. The highest BCUT2D eigenvalue weighted by Gasteiger charge is 2.07. The Labute approximate surface area is 115 Å². The molecule has 0 saturated heterocycles. The molecular weight excluding hydrogens is 266 g/mol. The summed E-state index contributed by atoms with van der Waals surface area (Å²) in [5.74, 6) is 0.672. The lowest BCUT2D eigenvalue weighted by atomic mass is 10.2. The molecule has 0 aliphatic rings. The zero-order chi connectivity index (χ0) is 13.0. The number of thioether (sulfide) groups is 1. The third kappa shape index (κ3) is 2.95. The van der Waals surface area contributed by atoms with E-state index in [1.165, 1.54) is 11.8 Å². The van der Waals surface area contributed by atoms with E-state index in [9.17, 15) is 0 Å². The number of benzene rings is 1. The number of nitrogens with two attached hydrogens (primary N) is 1. The second-order valence-electron chi connectivity index (χ2n) is 3.61. The molecule has 1 aromatic heterocycles. The van der Waals surface area contributed by atoms with Crippen LogP contribution in [0.25, 0.3) is 0 Å². The van der Waals surface area contributed by atoms with Gasteiger partial charge in [0, 0.05) is 10.8 Å². The molecule has 2 aromatic rings. The maximum atomic E-state index is 9.01. The normalized spacial score (nSPS) is 10.0. The number of anilines is 1. The van der Waals surface area contributed by atoms with Gasteiger partial charge in [-0.15, -0.1) is 11.8 Å². The van der Waals surface area contributed by atoms with Crippen molar-refractivity contribution in [1.29, 1.82) is 5.26 Å². The third-order valence-corrected chi connectivity index (χ3v) is 3.74. The Hall–Kier alpha value is -1.70. The van der Waals surface area contributed by atoms with Gasteiger partial charge in [0.1, 0.15) is 11.1 Å². The smallest absolute Gasteiger partial charge is 0.114 e. The number of nitriles is 1. The Kier molecular flexibility index (Phi) is 4.08. The molecule has 0 radical (unpaired) electrons. The minimum Gasteiger partial charge on any atom is -0.397 e. The molecule has 0 unspecified atom stereocenters. The average Bonchev–Trinajstić information content (AvgIpc) is 2.39. The lowest BCUT2D eigenvalue weighted by Crippen LogP contribution is -1.92. The highest BCUT2D eigenvalue weighted by molar-refractivity contribution is 7.98. The lowest BCUT2D eigenvalue weighted by molar-refractivity contribution is 1.11. The molecule has 0 bridgehead atoms. The average molecular weight is 276 g/mol. The van der Waals surface area contributed by atoms with Crippen molar-refractivity contribution >= 4 is 29.1 Å². The van der Waals surface area contributed by atoms with E-state index in [2.05, 4.69) is 11.1 Å². The molecule has 0 spiro atoms. The monoisotopic (exact) mass is 275 g/mol. The molecule has 1 heterocycles. The van der Waals surface area contributed by atoms with Gasteiger partial charge in [0.15, 0.2) is 0 Å². The van der Waals surface area contributed by atoms with E-state index in [-0.39, 0.29) is 0 Å². The van der Waals surface area contributed by atoms with Gasteiger partial charge < -0.3 is 5.73 Å². The van der Waals surface area contributed by atoms with Crippen LogP contribution in [-0.2, 0) is 5.75 Å². The number of hydrogen-bond donors (Lipinski definition) is 1. The second kappa shape index (κ2) is 5.76. The fourth-order valence-electron chi connectivity index (χ4n) is 1.43. The Bertz CT molecular complexity index is 607. The number of aromatic nitrogens is 1. The van der Waals surface area contributed by atoms with Gasteiger partial charge >= 0.3 is 0 Å². The SMILES string of the molecule is N#Cc1cc(N)cnc1SCc1ccccc1Cl. The van der Waals surface area contributed by atoms with E-state index in [1.807, 2.05) is 24.3 Å². The number of hydrogen-bond acceptors (Lipinski definition) is 4. The van der Waals surface area contributed by atoms with Crippen LogP contribution in [-0.4, -0.2) is 4.98 Å². The van der Waals surface area contributed by atoms with Crippen molar-refractivity contribution in [2.45, 2.75) is 10.8 Å². The molecule has 3 nitrogen and oxygen atoms in total. The van der Waals surface area contributed by atoms with Crippen LogP contribution in [0.2, 0.25) is 5.02 Å². The molecule has 0 fully saturated rings. The Morgan fingerprint density at radius 1 is 1.39 bits per heavy atom. The van der Waals surface area contributed by atoms with Crippen molar-refractivity contribution in [3.05, 3.63) is 52.7 Å². The zero-order valence-electron chi connectivity index (χ0n) is 9.43. The molecule has 0 saturated carbocycles. The number of rotatable bonds is 3. The quantitative estimate of drug-likeness (QED) is 0.871. The maximum absolute atomic E-state index is 9.01. The number of nitrogen functional groups attached to an aromatic ring is 1. The van der Waals surface area contributed by atoms with Gasteiger partial charge in [0.05, 0.1) is 17.4 Å². The van der Waals surface area contributed by atoms with Crippen LogP contribution in [0.1, 0.15) is 11.1 Å². The van der Waals surface area contributed by atoms with Crippen molar-refractivity contribution < 1.29 is 0 Å². The van der Waals surface area contributed by atoms with Gasteiger partial charge in [-0.1, -0.05) is 29.8 Å². The summed E-state index contributed by atoms with van der Waals surface area (Å²) in [6.45, 7) is 0. The molecule has 90 valence electrons. The number of nitrogens with zero attached hydrogens (tertiary/aromatic N) is 2. The van der Waals surface area contributed by atoms with E-state index in [0.717, 1.165) is 10.6 Å². The highest BCUT2D eigenvalue weighted by atomic mass is 35.5.